The van der Waals surface area contributed by atoms with Crippen LogP contribution in [0.5, 0.6) is 0 Å². The Morgan fingerprint density at radius 2 is 2.33 bits per heavy atom. The van der Waals surface area contributed by atoms with Crippen molar-refractivity contribution in [3.05, 3.63) is 27.9 Å². The van der Waals surface area contributed by atoms with Gasteiger partial charge in [0.1, 0.15) is 5.82 Å². The standard InChI is InChI=1S/C11H17N3O/c1-7(2)9-6-10(15)14-11(13-9)8-4-3-5-12-8/h6-8,12H,3-5H2,1-2H3,(H,13,14,15). The number of aromatic amines is 1. The first kappa shape index (κ1) is 10.4. The minimum Gasteiger partial charge on any atom is -0.309 e. The Hall–Kier alpha value is -1.16. The first-order valence-corrected chi connectivity index (χ1v) is 5.51. The van der Waals surface area contributed by atoms with E-state index in [1.165, 1.54) is 0 Å². The zero-order valence-corrected chi connectivity index (χ0v) is 9.21. The maximum Gasteiger partial charge on any atom is 0.251 e. The van der Waals surface area contributed by atoms with Gasteiger partial charge in [-0.05, 0) is 25.3 Å². The van der Waals surface area contributed by atoms with E-state index in [0.29, 0.717) is 5.92 Å². The minimum atomic E-state index is -0.0441. The smallest absolute Gasteiger partial charge is 0.251 e. The van der Waals surface area contributed by atoms with Gasteiger partial charge in [-0.25, -0.2) is 4.98 Å². The third-order valence-corrected chi connectivity index (χ3v) is 2.76. The van der Waals surface area contributed by atoms with Crippen molar-refractivity contribution in [2.75, 3.05) is 6.54 Å². The van der Waals surface area contributed by atoms with Crippen molar-refractivity contribution >= 4 is 0 Å². The van der Waals surface area contributed by atoms with E-state index in [1.807, 2.05) is 13.8 Å². The summed E-state index contributed by atoms with van der Waals surface area (Å²) in [6.07, 6.45) is 2.21. The fraction of sp³-hybridized carbons (Fsp3) is 0.636. The van der Waals surface area contributed by atoms with Crippen LogP contribution in [0.4, 0.5) is 0 Å². The molecule has 1 unspecified atom stereocenters. The van der Waals surface area contributed by atoms with Crippen molar-refractivity contribution in [1.29, 1.82) is 0 Å². The summed E-state index contributed by atoms with van der Waals surface area (Å²) in [6.45, 7) is 5.11. The molecule has 0 amide bonds. The van der Waals surface area contributed by atoms with Crippen molar-refractivity contribution in [3.8, 4) is 0 Å². The molecule has 15 heavy (non-hydrogen) atoms. The van der Waals surface area contributed by atoms with Gasteiger partial charge < -0.3 is 10.3 Å². The Morgan fingerprint density at radius 3 is 2.93 bits per heavy atom. The Kier molecular flexibility index (Phi) is 2.86. The third kappa shape index (κ3) is 2.26. The molecule has 2 N–H and O–H groups in total. The van der Waals surface area contributed by atoms with Crippen LogP contribution in [0.25, 0.3) is 0 Å². The molecule has 1 aliphatic rings. The third-order valence-electron chi connectivity index (χ3n) is 2.76. The van der Waals surface area contributed by atoms with Crippen LogP contribution in [0, 0.1) is 0 Å². The summed E-state index contributed by atoms with van der Waals surface area (Å²) in [4.78, 5) is 18.8. The zero-order valence-electron chi connectivity index (χ0n) is 9.21. The van der Waals surface area contributed by atoms with Crippen LogP contribution in [-0.4, -0.2) is 16.5 Å². The molecule has 0 radical (unpaired) electrons. The van der Waals surface area contributed by atoms with Crippen molar-refractivity contribution in [3.63, 3.8) is 0 Å². The topological polar surface area (TPSA) is 57.8 Å². The summed E-state index contributed by atoms with van der Waals surface area (Å²) in [5.74, 6) is 1.09. The SMILES string of the molecule is CC(C)c1cc(=O)[nH]c(C2CCCN2)n1. The summed E-state index contributed by atoms with van der Waals surface area (Å²) >= 11 is 0. The quantitative estimate of drug-likeness (QED) is 0.769. The molecule has 4 heteroatoms. The molecule has 1 saturated heterocycles. The Labute approximate surface area is 89.1 Å². The average molecular weight is 207 g/mol. The highest BCUT2D eigenvalue weighted by atomic mass is 16.1. The van der Waals surface area contributed by atoms with Gasteiger partial charge in [0.25, 0.3) is 5.56 Å². The molecular formula is C11H17N3O. The first-order chi connectivity index (χ1) is 7.16. The molecular weight excluding hydrogens is 190 g/mol. The predicted octanol–water partition coefficient (Wildman–Crippen LogP) is 1.32. The minimum absolute atomic E-state index is 0.0441. The molecule has 0 aliphatic carbocycles. The van der Waals surface area contributed by atoms with Gasteiger partial charge in [0.05, 0.1) is 11.7 Å². The van der Waals surface area contributed by atoms with Crippen LogP contribution in [-0.2, 0) is 0 Å². The first-order valence-electron chi connectivity index (χ1n) is 5.51. The summed E-state index contributed by atoms with van der Waals surface area (Å²) in [5.41, 5.74) is 0.833. The molecule has 0 spiro atoms. The van der Waals surface area contributed by atoms with E-state index in [4.69, 9.17) is 0 Å². The largest absolute Gasteiger partial charge is 0.309 e. The molecule has 1 atom stereocenters. The number of rotatable bonds is 2. The maximum absolute atomic E-state index is 11.4. The van der Waals surface area contributed by atoms with Gasteiger partial charge in [0, 0.05) is 6.07 Å². The monoisotopic (exact) mass is 207 g/mol. The van der Waals surface area contributed by atoms with Crippen LogP contribution in [0.1, 0.15) is 50.2 Å². The van der Waals surface area contributed by atoms with E-state index < -0.39 is 0 Å². The Balaban J connectivity index is 2.34. The lowest BCUT2D eigenvalue weighted by atomic mass is 10.1. The zero-order chi connectivity index (χ0) is 10.8. The van der Waals surface area contributed by atoms with Crippen LogP contribution in [0.2, 0.25) is 0 Å². The van der Waals surface area contributed by atoms with Crippen molar-refractivity contribution in [2.45, 2.75) is 38.6 Å². The van der Waals surface area contributed by atoms with Crippen LogP contribution < -0.4 is 10.9 Å². The second-order valence-electron chi connectivity index (χ2n) is 4.36. The van der Waals surface area contributed by atoms with E-state index in [2.05, 4.69) is 15.3 Å². The lowest BCUT2D eigenvalue weighted by Gasteiger charge is -2.11. The van der Waals surface area contributed by atoms with E-state index in [0.717, 1.165) is 30.9 Å². The number of H-pyrrole nitrogens is 1. The Bertz CT molecular complexity index is 391. The molecule has 1 aliphatic heterocycles. The highest BCUT2D eigenvalue weighted by Gasteiger charge is 2.19. The van der Waals surface area contributed by atoms with Gasteiger partial charge in [-0.3, -0.25) is 4.79 Å². The van der Waals surface area contributed by atoms with Gasteiger partial charge in [-0.15, -0.1) is 0 Å². The summed E-state index contributed by atoms with van der Waals surface area (Å²) in [6, 6.07) is 1.82. The fourth-order valence-electron chi connectivity index (χ4n) is 1.87. The molecule has 1 fully saturated rings. The molecule has 0 bridgehead atoms. The lowest BCUT2D eigenvalue weighted by Crippen LogP contribution is -2.21. The van der Waals surface area contributed by atoms with Gasteiger partial charge in [0.15, 0.2) is 0 Å². The predicted molar refractivity (Wildman–Crippen MR) is 58.9 cm³/mol. The van der Waals surface area contributed by atoms with Gasteiger partial charge in [0.2, 0.25) is 0 Å². The molecule has 0 saturated carbocycles. The van der Waals surface area contributed by atoms with Crippen molar-refractivity contribution < 1.29 is 0 Å². The van der Waals surface area contributed by atoms with Crippen LogP contribution >= 0.6 is 0 Å². The van der Waals surface area contributed by atoms with Gasteiger partial charge in [-0.1, -0.05) is 13.8 Å². The molecule has 1 aromatic heterocycles. The van der Waals surface area contributed by atoms with Gasteiger partial charge >= 0.3 is 0 Å². The number of nitrogens with zero attached hydrogens (tertiary/aromatic N) is 1. The second-order valence-corrected chi connectivity index (χ2v) is 4.36. The Morgan fingerprint density at radius 1 is 1.53 bits per heavy atom. The summed E-state index contributed by atoms with van der Waals surface area (Å²) in [7, 11) is 0. The summed E-state index contributed by atoms with van der Waals surface area (Å²) in [5, 5.41) is 3.33. The second kappa shape index (κ2) is 4.14. The number of hydrogen-bond donors (Lipinski definition) is 2. The number of aromatic nitrogens is 2. The molecule has 4 nitrogen and oxygen atoms in total. The number of hydrogen-bond acceptors (Lipinski definition) is 3. The number of nitrogens with one attached hydrogen (secondary N) is 2. The van der Waals surface area contributed by atoms with E-state index in [1.54, 1.807) is 6.07 Å². The maximum atomic E-state index is 11.4. The van der Waals surface area contributed by atoms with Crippen LogP contribution in [0.3, 0.4) is 0 Å². The van der Waals surface area contributed by atoms with Gasteiger partial charge in [-0.2, -0.15) is 0 Å². The lowest BCUT2D eigenvalue weighted by molar-refractivity contribution is 0.593. The van der Waals surface area contributed by atoms with E-state index in [-0.39, 0.29) is 11.6 Å². The highest BCUT2D eigenvalue weighted by molar-refractivity contribution is 5.09. The molecule has 2 heterocycles. The molecule has 1 aromatic rings. The van der Waals surface area contributed by atoms with E-state index in [9.17, 15) is 4.79 Å². The normalized spacial score (nSPS) is 21.1. The molecule has 2 rings (SSSR count). The molecule has 0 aromatic carbocycles. The fourth-order valence-corrected chi connectivity index (χ4v) is 1.87. The summed E-state index contributed by atoms with van der Waals surface area (Å²) < 4.78 is 0. The van der Waals surface area contributed by atoms with Crippen molar-refractivity contribution in [1.82, 2.24) is 15.3 Å². The average Bonchev–Trinajstić information content (AvgIpc) is 2.69. The van der Waals surface area contributed by atoms with Crippen LogP contribution in [0.15, 0.2) is 10.9 Å². The molecule has 82 valence electrons. The van der Waals surface area contributed by atoms with Crippen molar-refractivity contribution in [2.24, 2.45) is 0 Å². The van der Waals surface area contributed by atoms with E-state index >= 15 is 0 Å². The highest BCUT2D eigenvalue weighted by Crippen LogP contribution is 2.20.